The van der Waals surface area contributed by atoms with Crippen LogP contribution in [0.1, 0.15) is 77.0 Å². The van der Waals surface area contributed by atoms with Gasteiger partial charge < -0.3 is 0 Å². The summed E-state index contributed by atoms with van der Waals surface area (Å²) in [5, 5.41) is 0. The van der Waals surface area contributed by atoms with E-state index < -0.39 is 0 Å². The summed E-state index contributed by atoms with van der Waals surface area (Å²) in [6.45, 7) is 0. The Morgan fingerprint density at radius 2 is 1.41 bits per heavy atom. The molecule has 17 heavy (non-hydrogen) atoms. The number of hydrogen-bond acceptors (Lipinski definition) is 1. The molecule has 1 nitrogen and oxygen atoms in total. The molecule has 1 saturated carbocycles. The monoisotopic (exact) mass is 234 g/mol. The third-order valence-electron chi connectivity index (χ3n) is 4.60. The van der Waals surface area contributed by atoms with E-state index in [9.17, 15) is 4.79 Å². The molecule has 1 heteroatoms. The first kappa shape index (κ1) is 12.9. The minimum absolute atomic E-state index is 0.382. The summed E-state index contributed by atoms with van der Waals surface area (Å²) >= 11 is 0. The van der Waals surface area contributed by atoms with Gasteiger partial charge in [0, 0.05) is 6.42 Å². The van der Waals surface area contributed by atoms with Crippen molar-refractivity contribution in [3.05, 3.63) is 12.2 Å². The highest BCUT2D eigenvalue weighted by molar-refractivity contribution is 5.90. The van der Waals surface area contributed by atoms with Gasteiger partial charge in [-0.05, 0) is 43.6 Å². The molecule has 0 radical (unpaired) electrons. The van der Waals surface area contributed by atoms with Crippen molar-refractivity contribution in [1.29, 1.82) is 0 Å². The van der Waals surface area contributed by atoms with Crippen molar-refractivity contribution in [3.63, 3.8) is 0 Å². The smallest absolute Gasteiger partial charge is 0.155 e. The van der Waals surface area contributed by atoms with E-state index in [-0.39, 0.29) is 0 Å². The zero-order chi connectivity index (χ0) is 12.0. The summed E-state index contributed by atoms with van der Waals surface area (Å²) in [6.07, 6.45) is 19.2. The van der Waals surface area contributed by atoms with Gasteiger partial charge in [-0.3, -0.25) is 4.79 Å². The number of carbonyl (C=O) groups is 1. The van der Waals surface area contributed by atoms with E-state index in [4.69, 9.17) is 0 Å². The summed E-state index contributed by atoms with van der Waals surface area (Å²) in [6, 6.07) is 0. The summed E-state index contributed by atoms with van der Waals surface area (Å²) in [4.78, 5) is 12.0. The maximum Gasteiger partial charge on any atom is 0.155 e. The summed E-state index contributed by atoms with van der Waals surface area (Å²) in [5.41, 5.74) is 0.390. The van der Waals surface area contributed by atoms with Crippen molar-refractivity contribution >= 4 is 5.78 Å². The van der Waals surface area contributed by atoms with Crippen LogP contribution in [0.2, 0.25) is 0 Å². The Hall–Kier alpha value is -0.590. The maximum atomic E-state index is 12.0. The molecule has 0 N–H and O–H groups in total. The van der Waals surface area contributed by atoms with Crippen LogP contribution in [-0.4, -0.2) is 5.78 Å². The van der Waals surface area contributed by atoms with Gasteiger partial charge in [0.15, 0.2) is 5.78 Å². The van der Waals surface area contributed by atoms with E-state index >= 15 is 0 Å². The lowest BCUT2D eigenvalue weighted by atomic mass is 9.76. The average molecular weight is 234 g/mol. The third-order valence-corrected chi connectivity index (χ3v) is 4.60. The topological polar surface area (TPSA) is 17.1 Å². The van der Waals surface area contributed by atoms with Crippen LogP contribution < -0.4 is 0 Å². The molecular weight excluding hydrogens is 208 g/mol. The predicted octanol–water partition coefficient (Wildman–Crippen LogP) is 4.81. The molecular formula is C16H26O. The fourth-order valence-corrected chi connectivity index (χ4v) is 3.58. The van der Waals surface area contributed by atoms with Crippen molar-refractivity contribution in [2.45, 2.75) is 77.0 Å². The third kappa shape index (κ3) is 3.97. The minimum atomic E-state index is 0.382. The molecule has 0 aromatic rings. The molecule has 2 aliphatic carbocycles. The van der Waals surface area contributed by atoms with Gasteiger partial charge in [-0.25, -0.2) is 0 Å². The van der Waals surface area contributed by atoms with Crippen molar-refractivity contribution < 1.29 is 4.79 Å². The van der Waals surface area contributed by atoms with Crippen LogP contribution in [0.5, 0.6) is 0 Å². The standard InChI is InChI=1S/C16H26O/c17-15-10-6-4-2-1-3-5-7-11-16(14-15)12-8-9-13-16/h6,10H,1-5,7-9,11-14H2/b10-6-. The van der Waals surface area contributed by atoms with Gasteiger partial charge in [0.25, 0.3) is 0 Å². The largest absolute Gasteiger partial charge is 0.295 e. The first-order valence-corrected chi connectivity index (χ1v) is 7.50. The highest BCUT2D eigenvalue weighted by Gasteiger charge is 2.34. The van der Waals surface area contributed by atoms with Crippen LogP contribution >= 0.6 is 0 Å². The van der Waals surface area contributed by atoms with E-state index in [1.807, 2.05) is 6.08 Å². The number of rotatable bonds is 0. The Morgan fingerprint density at radius 3 is 2.18 bits per heavy atom. The molecule has 0 bridgehead atoms. The first-order valence-electron chi connectivity index (χ1n) is 7.50. The van der Waals surface area contributed by atoms with Gasteiger partial charge in [0.2, 0.25) is 0 Å². The normalized spacial score (nSPS) is 28.6. The molecule has 2 aliphatic rings. The van der Waals surface area contributed by atoms with E-state index in [2.05, 4.69) is 6.08 Å². The molecule has 0 unspecified atom stereocenters. The van der Waals surface area contributed by atoms with Gasteiger partial charge in [-0.2, -0.15) is 0 Å². The van der Waals surface area contributed by atoms with E-state index in [0.29, 0.717) is 11.2 Å². The average Bonchev–Trinajstić information content (AvgIpc) is 2.74. The van der Waals surface area contributed by atoms with Crippen molar-refractivity contribution in [2.75, 3.05) is 0 Å². The lowest BCUT2D eigenvalue weighted by Gasteiger charge is -2.28. The molecule has 2 rings (SSSR count). The molecule has 0 heterocycles. The van der Waals surface area contributed by atoms with Crippen molar-refractivity contribution in [3.8, 4) is 0 Å². The van der Waals surface area contributed by atoms with Crippen LogP contribution in [0.25, 0.3) is 0 Å². The number of allylic oxidation sites excluding steroid dienone is 2. The lowest BCUT2D eigenvalue weighted by Crippen LogP contribution is -2.20. The molecule has 1 fully saturated rings. The SMILES string of the molecule is O=C1/C=C\CCCCCCCC2(CCCC2)C1. The highest BCUT2D eigenvalue weighted by Crippen LogP contribution is 2.45. The molecule has 0 aliphatic heterocycles. The quantitative estimate of drug-likeness (QED) is 0.588. The Bertz CT molecular complexity index is 271. The zero-order valence-electron chi connectivity index (χ0n) is 11.0. The number of carbonyl (C=O) groups excluding carboxylic acids is 1. The summed E-state index contributed by atoms with van der Waals surface area (Å²) in [7, 11) is 0. The summed E-state index contributed by atoms with van der Waals surface area (Å²) < 4.78 is 0. The first-order chi connectivity index (χ1) is 8.31. The van der Waals surface area contributed by atoms with Crippen LogP contribution in [0.4, 0.5) is 0 Å². The Morgan fingerprint density at radius 1 is 0.824 bits per heavy atom. The van der Waals surface area contributed by atoms with E-state index in [1.165, 1.54) is 64.2 Å². The predicted molar refractivity (Wildman–Crippen MR) is 72.0 cm³/mol. The minimum Gasteiger partial charge on any atom is -0.295 e. The molecule has 0 atom stereocenters. The van der Waals surface area contributed by atoms with Gasteiger partial charge in [0.05, 0.1) is 0 Å². The maximum absolute atomic E-state index is 12.0. The van der Waals surface area contributed by atoms with Gasteiger partial charge in [-0.15, -0.1) is 0 Å². The molecule has 0 amide bonds. The molecule has 1 spiro atoms. The number of ketones is 1. The highest BCUT2D eigenvalue weighted by atomic mass is 16.1. The Labute approximate surface area is 106 Å². The molecule has 0 aromatic carbocycles. The van der Waals surface area contributed by atoms with Crippen LogP contribution in [0, 0.1) is 5.41 Å². The van der Waals surface area contributed by atoms with Crippen molar-refractivity contribution in [2.24, 2.45) is 5.41 Å². The fourth-order valence-electron chi connectivity index (χ4n) is 3.58. The second kappa shape index (κ2) is 6.37. The summed E-state index contributed by atoms with van der Waals surface area (Å²) in [5.74, 6) is 0.382. The van der Waals surface area contributed by atoms with Gasteiger partial charge >= 0.3 is 0 Å². The second-order valence-electron chi connectivity index (χ2n) is 6.06. The zero-order valence-corrected chi connectivity index (χ0v) is 11.0. The van der Waals surface area contributed by atoms with E-state index in [1.54, 1.807) is 0 Å². The fraction of sp³-hybridized carbons (Fsp3) is 0.812. The van der Waals surface area contributed by atoms with Crippen LogP contribution in [0.3, 0.4) is 0 Å². The Kier molecular flexibility index (Phi) is 4.82. The lowest BCUT2D eigenvalue weighted by molar-refractivity contribution is -0.116. The van der Waals surface area contributed by atoms with Gasteiger partial charge in [-0.1, -0.05) is 44.6 Å². The van der Waals surface area contributed by atoms with Crippen LogP contribution in [-0.2, 0) is 4.79 Å². The van der Waals surface area contributed by atoms with Crippen molar-refractivity contribution in [1.82, 2.24) is 0 Å². The molecule has 0 saturated heterocycles. The number of hydrogen-bond donors (Lipinski definition) is 0. The Balaban J connectivity index is 1.98. The molecule has 96 valence electrons. The second-order valence-corrected chi connectivity index (χ2v) is 6.06. The van der Waals surface area contributed by atoms with Crippen LogP contribution in [0.15, 0.2) is 12.2 Å². The molecule has 0 aromatic heterocycles. The van der Waals surface area contributed by atoms with E-state index in [0.717, 1.165) is 12.8 Å². The van der Waals surface area contributed by atoms with Gasteiger partial charge in [0.1, 0.15) is 0 Å².